The normalized spacial score (nSPS) is 25.2. The Bertz CT molecular complexity index is 1240. The summed E-state index contributed by atoms with van der Waals surface area (Å²) < 4.78 is 27.7. The number of fused-ring (bicyclic) bond motifs is 1. The Morgan fingerprint density at radius 2 is 1.97 bits per heavy atom. The second kappa shape index (κ2) is 10.3. The second-order valence-corrected chi connectivity index (χ2v) is 12.0. The number of amides is 2. The number of carbonyl (C=O) groups excluding carboxylic acids is 2. The van der Waals surface area contributed by atoms with Gasteiger partial charge >= 0.3 is 0 Å². The zero-order valence-electron chi connectivity index (χ0n) is 22.6. The molecule has 0 spiro atoms. The number of piperazine rings is 1. The van der Waals surface area contributed by atoms with Crippen molar-refractivity contribution < 1.29 is 18.4 Å². The molecule has 3 atom stereocenters. The molecule has 0 radical (unpaired) electrons. The minimum Gasteiger partial charge on any atom is -0.341 e. The fourth-order valence-corrected chi connectivity index (χ4v) is 6.05. The summed E-state index contributed by atoms with van der Waals surface area (Å²) in [6, 6.07) is 5.80. The first kappa shape index (κ1) is 26.7. The lowest BCUT2D eigenvalue weighted by atomic mass is 9.91. The van der Waals surface area contributed by atoms with E-state index in [0.717, 1.165) is 42.6 Å². The topological polar surface area (TPSA) is 68.8 Å². The van der Waals surface area contributed by atoms with E-state index >= 15 is 0 Å². The number of nitrogens with one attached hydrogen (secondary N) is 1. The molecular weight excluding hydrogens is 488 g/mol. The van der Waals surface area contributed by atoms with Crippen LogP contribution in [0.2, 0.25) is 0 Å². The van der Waals surface area contributed by atoms with Gasteiger partial charge in [0.25, 0.3) is 0 Å². The van der Waals surface area contributed by atoms with Crippen molar-refractivity contribution in [2.45, 2.75) is 58.0 Å². The van der Waals surface area contributed by atoms with E-state index in [9.17, 15) is 18.4 Å². The summed E-state index contributed by atoms with van der Waals surface area (Å²) in [5.74, 6) is -0.663. The largest absolute Gasteiger partial charge is 0.341 e. The Hall–Kier alpha value is -2.91. The monoisotopic (exact) mass is 525 g/mol. The lowest BCUT2D eigenvalue weighted by Crippen LogP contribution is -2.61. The lowest BCUT2D eigenvalue weighted by molar-refractivity contribution is -0.128. The van der Waals surface area contributed by atoms with Crippen LogP contribution in [0.1, 0.15) is 50.9 Å². The molecule has 204 valence electrons. The molecule has 3 aliphatic heterocycles. The van der Waals surface area contributed by atoms with Crippen molar-refractivity contribution in [3.8, 4) is 0 Å². The summed E-state index contributed by atoms with van der Waals surface area (Å²) >= 11 is 0. The molecule has 1 aromatic heterocycles. The Morgan fingerprint density at radius 1 is 1.18 bits per heavy atom. The number of likely N-dealkylation sites (tertiary alicyclic amines) is 1. The highest BCUT2D eigenvalue weighted by atomic mass is 19.1. The fourth-order valence-electron chi connectivity index (χ4n) is 6.05. The molecule has 0 saturated carbocycles. The quantitative estimate of drug-likeness (QED) is 0.628. The maximum absolute atomic E-state index is 14.3. The van der Waals surface area contributed by atoms with Gasteiger partial charge in [-0.3, -0.25) is 19.5 Å². The highest BCUT2D eigenvalue weighted by molar-refractivity contribution is 5.97. The van der Waals surface area contributed by atoms with Gasteiger partial charge in [-0.25, -0.2) is 8.78 Å². The van der Waals surface area contributed by atoms with Gasteiger partial charge in [0.05, 0.1) is 17.9 Å². The number of aromatic nitrogens is 1. The molecule has 1 aromatic carbocycles. The van der Waals surface area contributed by atoms with E-state index in [-0.39, 0.29) is 42.3 Å². The Balaban J connectivity index is 1.34. The van der Waals surface area contributed by atoms with Crippen LogP contribution in [0.5, 0.6) is 0 Å². The van der Waals surface area contributed by atoms with E-state index in [1.807, 2.05) is 11.0 Å². The molecule has 2 saturated heterocycles. The van der Waals surface area contributed by atoms with Gasteiger partial charge in [0.2, 0.25) is 11.8 Å². The maximum atomic E-state index is 14.3. The smallest absolute Gasteiger partial charge is 0.241 e. The first-order chi connectivity index (χ1) is 18.0. The van der Waals surface area contributed by atoms with Gasteiger partial charge in [-0.2, -0.15) is 0 Å². The number of anilines is 1. The molecule has 7 nitrogen and oxygen atoms in total. The van der Waals surface area contributed by atoms with Crippen molar-refractivity contribution >= 4 is 17.5 Å². The third kappa shape index (κ3) is 5.45. The number of hydrogen-bond donors (Lipinski definition) is 1. The summed E-state index contributed by atoms with van der Waals surface area (Å²) in [6.45, 7) is 11.9. The molecule has 5 rings (SSSR count). The zero-order chi connectivity index (χ0) is 27.2. The Kier molecular flexibility index (Phi) is 7.26. The van der Waals surface area contributed by atoms with E-state index in [2.05, 4.69) is 42.9 Å². The number of rotatable bonds is 6. The molecular formula is C29H37F2N5O2. The minimum atomic E-state index is -0.610. The highest BCUT2D eigenvalue weighted by Gasteiger charge is 2.41. The third-order valence-electron chi connectivity index (χ3n) is 8.02. The summed E-state index contributed by atoms with van der Waals surface area (Å²) in [7, 11) is 0. The molecule has 2 aromatic rings. The molecule has 9 heteroatoms. The predicted octanol–water partition coefficient (Wildman–Crippen LogP) is 3.11. The number of nitrogens with zero attached hydrogens (tertiary/aromatic N) is 4. The van der Waals surface area contributed by atoms with Crippen molar-refractivity contribution in [1.29, 1.82) is 0 Å². The molecule has 38 heavy (non-hydrogen) atoms. The van der Waals surface area contributed by atoms with Crippen LogP contribution in [-0.4, -0.2) is 78.0 Å². The van der Waals surface area contributed by atoms with Crippen LogP contribution >= 0.6 is 0 Å². The van der Waals surface area contributed by atoms with E-state index < -0.39 is 11.6 Å². The summed E-state index contributed by atoms with van der Waals surface area (Å²) in [5.41, 5.74) is 2.42. The standard InChI is InChI=1S/C29H37F2N5O2/c1-18-7-26(37)35(13-18)15-23-12-32-19(2)14-34(23)16-27(38)36-17-29(3,4)28-25(36)9-20(11-33-28)8-21-5-6-22(30)10-24(21)31/h5-6,9-11,18-19,23,32H,7-8,12-17H2,1-4H3/t18-,19+,23+/m0/s1. The van der Waals surface area contributed by atoms with Crippen molar-refractivity contribution in [3.63, 3.8) is 0 Å². The molecule has 4 heterocycles. The van der Waals surface area contributed by atoms with Gasteiger partial charge in [-0.1, -0.05) is 26.8 Å². The Labute approximate surface area is 223 Å². The minimum absolute atomic E-state index is 0.0102. The first-order valence-electron chi connectivity index (χ1n) is 13.5. The van der Waals surface area contributed by atoms with Crippen LogP contribution < -0.4 is 10.2 Å². The van der Waals surface area contributed by atoms with Gasteiger partial charge < -0.3 is 15.1 Å². The zero-order valence-corrected chi connectivity index (χ0v) is 22.6. The van der Waals surface area contributed by atoms with E-state index in [1.54, 1.807) is 11.1 Å². The average Bonchev–Trinajstić information content (AvgIpc) is 3.31. The van der Waals surface area contributed by atoms with Crippen LogP contribution in [-0.2, 0) is 21.4 Å². The van der Waals surface area contributed by atoms with Crippen molar-refractivity contribution in [1.82, 2.24) is 20.1 Å². The van der Waals surface area contributed by atoms with Crippen LogP contribution in [0.3, 0.4) is 0 Å². The van der Waals surface area contributed by atoms with Crippen LogP contribution in [0.25, 0.3) is 0 Å². The van der Waals surface area contributed by atoms with Crippen LogP contribution in [0.4, 0.5) is 14.5 Å². The number of benzene rings is 1. The van der Waals surface area contributed by atoms with E-state index in [1.165, 1.54) is 12.1 Å². The maximum Gasteiger partial charge on any atom is 0.241 e. The van der Waals surface area contributed by atoms with E-state index in [0.29, 0.717) is 31.0 Å². The first-order valence-corrected chi connectivity index (χ1v) is 13.5. The SMILES string of the molecule is C[C@H]1CC(=O)N(C[C@H]2CN[C@H](C)CN2CC(=O)N2CC(C)(C)c3ncc(Cc4ccc(F)cc4F)cc32)C1. The number of hydrogen-bond acceptors (Lipinski definition) is 5. The molecule has 3 aliphatic rings. The van der Waals surface area contributed by atoms with Crippen LogP contribution in [0, 0.1) is 17.6 Å². The lowest BCUT2D eigenvalue weighted by Gasteiger charge is -2.41. The highest BCUT2D eigenvalue weighted by Crippen LogP contribution is 2.40. The van der Waals surface area contributed by atoms with E-state index in [4.69, 9.17) is 0 Å². The van der Waals surface area contributed by atoms with Gasteiger partial charge in [-0.15, -0.1) is 0 Å². The molecule has 0 unspecified atom stereocenters. The van der Waals surface area contributed by atoms with Crippen LogP contribution in [0.15, 0.2) is 30.5 Å². The van der Waals surface area contributed by atoms with Crippen molar-refractivity contribution in [2.75, 3.05) is 44.2 Å². The average molecular weight is 526 g/mol. The predicted molar refractivity (Wildman–Crippen MR) is 142 cm³/mol. The molecule has 2 fully saturated rings. The van der Waals surface area contributed by atoms with Gasteiger partial charge in [0.1, 0.15) is 11.6 Å². The number of carbonyl (C=O) groups is 2. The molecule has 0 aliphatic carbocycles. The van der Waals surface area contributed by atoms with Crippen molar-refractivity contribution in [3.05, 3.63) is 58.9 Å². The van der Waals surface area contributed by atoms with Gasteiger partial charge in [0.15, 0.2) is 0 Å². The summed E-state index contributed by atoms with van der Waals surface area (Å²) in [5, 5.41) is 3.50. The fraction of sp³-hybridized carbons (Fsp3) is 0.552. The summed E-state index contributed by atoms with van der Waals surface area (Å²) in [4.78, 5) is 36.8. The van der Waals surface area contributed by atoms with Crippen molar-refractivity contribution in [2.24, 2.45) is 5.92 Å². The van der Waals surface area contributed by atoms with Gasteiger partial charge in [-0.05, 0) is 36.1 Å². The second-order valence-electron chi connectivity index (χ2n) is 12.0. The van der Waals surface area contributed by atoms with Gasteiger partial charge in [0, 0.05) is 75.3 Å². The number of pyridine rings is 1. The molecule has 0 bridgehead atoms. The summed E-state index contributed by atoms with van der Waals surface area (Å²) in [6.07, 6.45) is 2.57. The molecule has 2 amide bonds. The molecule has 1 N–H and O–H groups in total. The third-order valence-corrected chi connectivity index (χ3v) is 8.02. The Morgan fingerprint density at radius 3 is 2.68 bits per heavy atom. The number of halogens is 2.